The maximum atomic E-state index is 12.2. The molecule has 0 N–H and O–H groups in total. The van der Waals surface area contributed by atoms with E-state index in [2.05, 4.69) is 0 Å². The molecule has 0 atom stereocenters. The Morgan fingerprint density at radius 2 is 1.83 bits per heavy atom. The van der Waals surface area contributed by atoms with Gasteiger partial charge in [-0.25, -0.2) is 0 Å². The van der Waals surface area contributed by atoms with Crippen molar-refractivity contribution in [1.82, 2.24) is 9.80 Å². The Balaban J connectivity index is 1.68. The van der Waals surface area contributed by atoms with Crippen LogP contribution in [0.15, 0.2) is 41.8 Å². The average Bonchev–Trinajstić information content (AvgIpc) is 3.08. The molecule has 2 rings (SSSR count). The largest absolute Gasteiger partial charge is 0.497 e. The predicted octanol–water partition coefficient (Wildman–Crippen LogP) is 2.73. The van der Waals surface area contributed by atoms with Crippen LogP contribution in [0.25, 0.3) is 0 Å². The number of carbonyl (C=O) groups excluding carboxylic acids is 1. The number of benzene rings is 1. The molecule has 0 fully saturated rings. The molecule has 6 heteroatoms. The van der Waals surface area contributed by atoms with E-state index < -0.39 is 0 Å². The summed E-state index contributed by atoms with van der Waals surface area (Å²) >= 11 is 1.67. The third-order valence-corrected chi connectivity index (χ3v) is 4.47. The first kappa shape index (κ1) is 18.3. The molecule has 1 amide bonds. The lowest BCUT2D eigenvalue weighted by atomic mass is 10.3. The van der Waals surface area contributed by atoms with Crippen LogP contribution in [0.3, 0.4) is 0 Å². The standard InChI is InChI=1S/C18H24N2O3S/c1-19(10-11-23-16-8-6-15(22-3)7-9-16)14-18(21)20(2)13-17-5-4-12-24-17/h4-9,12H,10-11,13-14H2,1-3H3. The highest BCUT2D eigenvalue weighted by molar-refractivity contribution is 7.09. The first-order valence-electron chi connectivity index (χ1n) is 7.80. The van der Waals surface area contributed by atoms with Gasteiger partial charge in [0.05, 0.1) is 20.2 Å². The normalized spacial score (nSPS) is 10.7. The third-order valence-electron chi connectivity index (χ3n) is 3.61. The van der Waals surface area contributed by atoms with Crippen LogP contribution in [0.4, 0.5) is 0 Å². The van der Waals surface area contributed by atoms with E-state index in [1.807, 2.05) is 60.8 Å². The van der Waals surface area contributed by atoms with E-state index in [1.165, 1.54) is 4.88 Å². The molecule has 0 radical (unpaired) electrons. The van der Waals surface area contributed by atoms with Crippen LogP contribution >= 0.6 is 11.3 Å². The number of nitrogens with zero attached hydrogens (tertiary/aromatic N) is 2. The second-order valence-corrected chi connectivity index (χ2v) is 6.62. The number of amides is 1. The van der Waals surface area contributed by atoms with Crippen molar-refractivity contribution < 1.29 is 14.3 Å². The fourth-order valence-corrected chi connectivity index (χ4v) is 2.90. The Hall–Kier alpha value is -2.05. The molecule has 0 saturated heterocycles. The lowest BCUT2D eigenvalue weighted by molar-refractivity contribution is -0.131. The molecule has 1 aromatic heterocycles. The van der Waals surface area contributed by atoms with Gasteiger partial charge in [-0.2, -0.15) is 0 Å². The van der Waals surface area contributed by atoms with Crippen molar-refractivity contribution >= 4 is 17.2 Å². The second kappa shape index (κ2) is 9.30. The minimum absolute atomic E-state index is 0.107. The topological polar surface area (TPSA) is 42.0 Å². The molecule has 5 nitrogen and oxygen atoms in total. The SMILES string of the molecule is COc1ccc(OCCN(C)CC(=O)N(C)Cc2cccs2)cc1. The van der Waals surface area contributed by atoms with E-state index in [1.54, 1.807) is 23.3 Å². The lowest BCUT2D eigenvalue weighted by Crippen LogP contribution is -2.37. The fraction of sp³-hybridized carbons (Fsp3) is 0.389. The first-order valence-corrected chi connectivity index (χ1v) is 8.68. The highest BCUT2D eigenvalue weighted by Crippen LogP contribution is 2.16. The smallest absolute Gasteiger partial charge is 0.236 e. The van der Waals surface area contributed by atoms with Gasteiger partial charge in [-0.05, 0) is 42.8 Å². The summed E-state index contributed by atoms with van der Waals surface area (Å²) in [7, 11) is 5.40. The summed E-state index contributed by atoms with van der Waals surface area (Å²) in [5.74, 6) is 1.71. The second-order valence-electron chi connectivity index (χ2n) is 5.59. The summed E-state index contributed by atoms with van der Waals surface area (Å²) in [4.78, 5) is 17.1. The Bertz CT molecular complexity index is 614. The van der Waals surface area contributed by atoms with E-state index >= 15 is 0 Å². The highest BCUT2D eigenvalue weighted by atomic mass is 32.1. The minimum atomic E-state index is 0.107. The van der Waals surface area contributed by atoms with Gasteiger partial charge in [0.2, 0.25) is 5.91 Å². The van der Waals surface area contributed by atoms with Crippen molar-refractivity contribution in [3.63, 3.8) is 0 Å². The van der Waals surface area contributed by atoms with Crippen molar-refractivity contribution in [2.45, 2.75) is 6.54 Å². The van der Waals surface area contributed by atoms with Gasteiger partial charge in [0.1, 0.15) is 18.1 Å². The minimum Gasteiger partial charge on any atom is -0.497 e. The highest BCUT2D eigenvalue weighted by Gasteiger charge is 2.12. The number of ether oxygens (including phenoxy) is 2. The maximum absolute atomic E-state index is 12.2. The lowest BCUT2D eigenvalue weighted by Gasteiger charge is -2.21. The van der Waals surface area contributed by atoms with Crippen LogP contribution in [0.5, 0.6) is 11.5 Å². The zero-order valence-corrected chi connectivity index (χ0v) is 15.2. The Morgan fingerprint density at radius 1 is 1.12 bits per heavy atom. The van der Waals surface area contributed by atoms with Gasteiger partial charge in [0, 0.05) is 18.5 Å². The summed E-state index contributed by atoms with van der Waals surface area (Å²) in [6, 6.07) is 11.5. The number of carbonyl (C=O) groups is 1. The zero-order valence-electron chi connectivity index (χ0n) is 14.4. The quantitative estimate of drug-likeness (QED) is 0.699. The number of hydrogen-bond donors (Lipinski definition) is 0. The van der Waals surface area contributed by atoms with Gasteiger partial charge in [-0.15, -0.1) is 11.3 Å². The monoisotopic (exact) mass is 348 g/mol. The molecule has 2 aromatic rings. The van der Waals surface area contributed by atoms with Gasteiger partial charge >= 0.3 is 0 Å². The third kappa shape index (κ3) is 5.86. The van der Waals surface area contributed by atoms with Gasteiger partial charge < -0.3 is 14.4 Å². The molecule has 0 aliphatic rings. The van der Waals surface area contributed by atoms with E-state index in [9.17, 15) is 4.79 Å². The van der Waals surface area contributed by atoms with Crippen LogP contribution in [-0.4, -0.2) is 56.6 Å². The van der Waals surface area contributed by atoms with Crippen molar-refractivity contribution in [3.05, 3.63) is 46.7 Å². The van der Waals surface area contributed by atoms with Gasteiger partial charge in [0.25, 0.3) is 0 Å². The Kier molecular flexibility index (Phi) is 7.08. The molecule has 130 valence electrons. The number of methoxy groups -OCH3 is 1. The molecule has 1 heterocycles. The van der Waals surface area contributed by atoms with E-state index in [-0.39, 0.29) is 5.91 Å². The summed E-state index contributed by atoms with van der Waals surface area (Å²) in [5.41, 5.74) is 0. The zero-order chi connectivity index (χ0) is 17.4. The summed E-state index contributed by atoms with van der Waals surface area (Å²) in [6.45, 7) is 2.26. The van der Waals surface area contributed by atoms with E-state index in [0.717, 1.165) is 11.5 Å². The summed E-state index contributed by atoms with van der Waals surface area (Å²) in [6.07, 6.45) is 0. The molecular weight excluding hydrogens is 324 g/mol. The maximum Gasteiger partial charge on any atom is 0.236 e. The fourth-order valence-electron chi connectivity index (χ4n) is 2.15. The Morgan fingerprint density at radius 3 is 2.46 bits per heavy atom. The number of likely N-dealkylation sites (N-methyl/N-ethyl adjacent to an activating group) is 2. The van der Waals surface area contributed by atoms with Crippen molar-refractivity contribution in [2.24, 2.45) is 0 Å². The van der Waals surface area contributed by atoms with Crippen LogP contribution in [0.2, 0.25) is 0 Å². The molecule has 0 aliphatic heterocycles. The summed E-state index contributed by atoms with van der Waals surface area (Å²) in [5, 5.41) is 2.02. The molecule has 0 bridgehead atoms. The van der Waals surface area contributed by atoms with Gasteiger partial charge in [-0.1, -0.05) is 6.07 Å². The Labute approximate surface area is 147 Å². The van der Waals surface area contributed by atoms with E-state index in [0.29, 0.717) is 26.2 Å². The van der Waals surface area contributed by atoms with Crippen LogP contribution in [0, 0.1) is 0 Å². The first-order chi connectivity index (χ1) is 11.6. The molecule has 0 unspecified atom stereocenters. The van der Waals surface area contributed by atoms with Crippen LogP contribution in [0.1, 0.15) is 4.88 Å². The molecule has 1 aromatic carbocycles. The van der Waals surface area contributed by atoms with E-state index in [4.69, 9.17) is 9.47 Å². The van der Waals surface area contributed by atoms with Gasteiger partial charge in [0.15, 0.2) is 0 Å². The molecular formula is C18H24N2O3S. The van der Waals surface area contributed by atoms with Crippen molar-refractivity contribution in [2.75, 3.05) is 40.9 Å². The van der Waals surface area contributed by atoms with Crippen molar-refractivity contribution in [3.8, 4) is 11.5 Å². The number of rotatable bonds is 9. The van der Waals surface area contributed by atoms with Crippen LogP contribution < -0.4 is 9.47 Å². The van der Waals surface area contributed by atoms with Crippen molar-refractivity contribution in [1.29, 1.82) is 0 Å². The average molecular weight is 348 g/mol. The molecule has 0 spiro atoms. The summed E-state index contributed by atoms with van der Waals surface area (Å²) < 4.78 is 10.8. The number of thiophene rings is 1. The molecule has 24 heavy (non-hydrogen) atoms. The predicted molar refractivity (Wildman–Crippen MR) is 96.8 cm³/mol. The van der Waals surface area contributed by atoms with Crippen LogP contribution in [-0.2, 0) is 11.3 Å². The van der Waals surface area contributed by atoms with Gasteiger partial charge in [-0.3, -0.25) is 9.69 Å². The number of hydrogen-bond acceptors (Lipinski definition) is 5. The molecule has 0 saturated carbocycles. The molecule has 0 aliphatic carbocycles.